The number of nitrogens with one attached hydrogen (secondary N) is 1. The monoisotopic (exact) mass is 440 g/mol. The van der Waals surface area contributed by atoms with E-state index in [-0.39, 0.29) is 12.5 Å². The Morgan fingerprint density at radius 3 is 2.94 bits per heavy atom. The Kier molecular flexibility index (Phi) is 7.59. The molecule has 1 N–H and O–H groups in total. The second-order valence-electron chi connectivity index (χ2n) is 8.21. The third kappa shape index (κ3) is 5.86. The van der Waals surface area contributed by atoms with Crippen molar-refractivity contribution in [3.63, 3.8) is 0 Å². The topological polar surface area (TPSA) is 57.2 Å². The summed E-state index contributed by atoms with van der Waals surface area (Å²) >= 11 is 1.79. The van der Waals surface area contributed by atoms with Crippen molar-refractivity contribution in [3.8, 4) is 0 Å². The summed E-state index contributed by atoms with van der Waals surface area (Å²) in [5.41, 5.74) is 2.50. The molecule has 1 aromatic heterocycles. The highest BCUT2D eigenvalue weighted by Gasteiger charge is 2.26. The van der Waals surface area contributed by atoms with Crippen molar-refractivity contribution in [1.29, 1.82) is 0 Å². The minimum atomic E-state index is 0.106. The summed E-state index contributed by atoms with van der Waals surface area (Å²) in [4.78, 5) is 23.0. The van der Waals surface area contributed by atoms with E-state index in [2.05, 4.69) is 45.7 Å². The zero-order valence-corrected chi connectivity index (χ0v) is 19.1. The number of guanidine groups is 1. The number of ether oxygens (including phenoxy) is 1. The average molecular weight is 441 g/mol. The largest absolute Gasteiger partial charge is 0.376 e. The second-order valence-corrected chi connectivity index (χ2v) is 9.21. The van der Waals surface area contributed by atoms with Crippen LogP contribution in [-0.2, 0) is 29.1 Å². The Morgan fingerprint density at radius 2 is 2.10 bits per heavy atom. The predicted molar refractivity (Wildman–Crippen MR) is 125 cm³/mol. The van der Waals surface area contributed by atoms with Crippen LogP contribution in [0.25, 0.3) is 0 Å². The van der Waals surface area contributed by atoms with Gasteiger partial charge in [0, 0.05) is 43.5 Å². The normalized spacial score (nSPS) is 18.9. The van der Waals surface area contributed by atoms with Gasteiger partial charge in [-0.15, -0.1) is 11.3 Å². The maximum atomic E-state index is 12.7. The van der Waals surface area contributed by atoms with Crippen LogP contribution >= 0.6 is 11.3 Å². The molecule has 166 valence electrons. The summed E-state index contributed by atoms with van der Waals surface area (Å²) in [5, 5.41) is 5.48. The molecule has 6 nitrogen and oxygen atoms in total. The van der Waals surface area contributed by atoms with Gasteiger partial charge < -0.3 is 19.9 Å². The molecule has 1 fully saturated rings. The molecule has 3 heterocycles. The molecule has 31 heavy (non-hydrogen) atoms. The zero-order chi connectivity index (χ0) is 21.5. The van der Waals surface area contributed by atoms with E-state index in [0.717, 1.165) is 51.6 Å². The average Bonchev–Trinajstić information content (AvgIpc) is 3.46. The second kappa shape index (κ2) is 10.8. The van der Waals surface area contributed by atoms with E-state index in [1.807, 2.05) is 23.1 Å². The molecule has 4 rings (SSSR count). The number of hydrogen-bond donors (Lipinski definition) is 1. The van der Waals surface area contributed by atoms with Gasteiger partial charge >= 0.3 is 0 Å². The summed E-state index contributed by atoms with van der Waals surface area (Å²) in [7, 11) is 0. The van der Waals surface area contributed by atoms with Gasteiger partial charge in [-0.25, -0.2) is 4.99 Å². The van der Waals surface area contributed by atoms with Crippen LogP contribution in [0.5, 0.6) is 0 Å². The Balaban J connectivity index is 1.26. The number of fused-ring (bicyclic) bond motifs is 1. The van der Waals surface area contributed by atoms with Crippen LogP contribution in [-0.4, -0.2) is 61.0 Å². The van der Waals surface area contributed by atoms with Gasteiger partial charge in [-0.05, 0) is 42.3 Å². The lowest BCUT2D eigenvalue weighted by Gasteiger charge is -2.27. The molecule has 7 heteroatoms. The van der Waals surface area contributed by atoms with Gasteiger partial charge in [0.15, 0.2) is 5.96 Å². The van der Waals surface area contributed by atoms with Crippen molar-refractivity contribution >= 4 is 23.2 Å². The summed E-state index contributed by atoms with van der Waals surface area (Å²) in [6, 6.07) is 12.4. The summed E-state index contributed by atoms with van der Waals surface area (Å²) < 4.78 is 5.94. The first kappa shape index (κ1) is 21.8. The molecule has 1 aromatic carbocycles. The lowest BCUT2D eigenvalue weighted by atomic mass is 10.1. The summed E-state index contributed by atoms with van der Waals surface area (Å²) in [6.07, 6.45) is 2.04. The fourth-order valence-corrected chi connectivity index (χ4v) is 5.10. The lowest BCUT2D eigenvalue weighted by molar-refractivity contribution is -0.130. The number of carbonyl (C=O) groups excluding carboxylic acids is 1. The highest BCUT2D eigenvalue weighted by Crippen LogP contribution is 2.24. The van der Waals surface area contributed by atoms with Crippen molar-refractivity contribution in [2.24, 2.45) is 10.9 Å². The molecule has 0 spiro atoms. The lowest BCUT2D eigenvalue weighted by Crippen LogP contribution is -2.42. The van der Waals surface area contributed by atoms with Crippen LogP contribution in [0.15, 0.2) is 46.8 Å². The van der Waals surface area contributed by atoms with Crippen molar-refractivity contribution in [1.82, 2.24) is 15.1 Å². The molecule has 0 aliphatic carbocycles. The number of aliphatic imine (C=N–C) groups is 1. The first-order valence-corrected chi connectivity index (χ1v) is 12.1. The van der Waals surface area contributed by atoms with Crippen LogP contribution in [0.1, 0.15) is 29.3 Å². The van der Waals surface area contributed by atoms with Gasteiger partial charge in [0.2, 0.25) is 5.91 Å². The first-order valence-electron chi connectivity index (χ1n) is 11.2. The number of thiophene rings is 1. The van der Waals surface area contributed by atoms with Crippen LogP contribution in [0.3, 0.4) is 0 Å². The number of amides is 1. The SMILES string of the molecule is CCNC(=NCC(=O)N1CCc2sccc2C1)N1CCC(COCc2ccccc2)C1. The van der Waals surface area contributed by atoms with Gasteiger partial charge in [0.1, 0.15) is 6.54 Å². The molecular weight excluding hydrogens is 408 g/mol. The zero-order valence-electron chi connectivity index (χ0n) is 18.3. The van der Waals surface area contributed by atoms with Crippen molar-refractivity contribution < 1.29 is 9.53 Å². The molecule has 2 aliphatic heterocycles. The van der Waals surface area contributed by atoms with Gasteiger partial charge in [-0.1, -0.05) is 30.3 Å². The van der Waals surface area contributed by atoms with Crippen LogP contribution in [0, 0.1) is 5.92 Å². The third-order valence-electron chi connectivity index (χ3n) is 5.91. The van der Waals surface area contributed by atoms with E-state index < -0.39 is 0 Å². The van der Waals surface area contributed by atoms with Gasteiger partial charge in [0.05, 0.1) is 13.2 Å². The maximum absolute atomic E-state index is 12.7. The highest BCUT2D eigenvalue weighted by molar-refractivity contribution is 7.10. The molecule has 1 saturated heterocycles. The smallest absolute Gasteiger partial charge is 0.244 e. The molecular formula is C24H32N4O2S. The number of hydrogen-bond acceptors (Lipinski definition) is 4. The van der Waals surface area contributed by atoms with Crippen LogP contribution < -0.4 is 5.32 Å². The fourth-order valence-electron chi connectivity index (χ4n) is 4.21. The first-order chi connectivity index (χ1) is 15.2. The molecule has 2 aliphatic rings. The number of nitrogens with zero attached hydrogens (tertiary/aromatic N) is 3. The molecule has 0 saturated carbocycles. The Hall–Kier alpha value is -2.38. The molecule has 1 amide bonds. The van der Waals surface area contributed by atoms with E-state index in [4.69, 9.17) is 4.74 Å². The van der Waals surface area contributed by atoms with Gasteiger partial charge in [0.25, 0.3) is 0 Å². The van der Waals surface area contributed by atoms with Crippen molar-refractivity contribution in [3.05, 3.63) is 57.8 Å². The van der Waals surface area contributed by atoms with Crippen molar-refractivity contribution in [2.45, 2.75) is 32.9 Å². The van der Waals surface area contributed by atoms with Crippen LogP contribution in [0.4, 0.5) is 0 Å². The van der Waals surface area contributed by atoms with E-state index in [0.29, 0.717) is 19.1 Å². The quantitative estimate of drug-likeness (QED) is 0.531. The Morgan fingerprint density at radius 1 is 1.23 bits per heavy atom. The Labute approximate surface area is 188 Å². The molecule has 0 bridgehead atoms. The summed E-state index contributed by atoms with van der Waals surface area (Å²) in [5.74, 6) is 1.44. The number of carbonyl (C=O) groups is 1. The third-order valence-corrected chi connectivity index (χ3v) is 6.93. The summed E-state index contributed by atoms with van der Waals surface area (Å²) in [6.45, 7) is 7.84. The predicted octanol–water partition coefficient (Wildman–Crippen LogP) is 3.14. The molecule has 1 unspecified atom stereocenters. The van der Waals surface area contributed by atoms with E-state index in [1.165, 1.54) is 16.0 Å². The van der Waals surface area contributed by atoms with Gasteiger partial charge in [-0.3, -0.25) is 4.79 Å². The number of likely N-dealkylation sites (tertiary alicyclic amines) is 1. The van der Waals surface area contributed by atoms with E-state index in [1.54, 1.807) is 11.3 Å². The Bertz CT molecular complexity index is 883. The maximum Gasteiger partial charge on any atom is 0.244 e. The molecule has 0 radical (unpaired) electrons. The van der Waals surface area contributed by atoms with Crippen LogP contribution in [0.2, 0.25) is 0 Å². The highest BCUT2D eigenvalue weighted by atomic mass is 32.1. The minimum absolute atomic E-state index is 0.106. The van der Waals surface area contributed by atoms with E-state index in [9.17, 15) is 4.79 Å². The fraction of sp³-hybridized carbons (Fsp3) is 0.500. The number of benzene rings is 1. The molecule has 2 aromatic rings. The minimum Gasteiger partial charge on any atom is -0.376 e. The van der Waals surface area contributed by atoms with E-state index >= 15 is 0 Å². The standard InChI is InChI=1S/C24H32N4O2S/c1-2-25-24(26-14-23(29)27-12-9-22-21(16-27)10-13-31-22)28-11-8-20(15-28)18-30-17-19-6-4-3-5-7-19/h3-7,10,13,20H,2,8-9,11-12,14-18H2,1H3,(H,25,26). The van der Waals surface area contributed by atoms with Crippen molar-refractivity contribution in [2.75, 3.05) is 39.3 Å². The van der Waals surface area contributed by atoms with Gasteiger partial charge in [-0.2, -0.15) is 0 Å². The molecule has 1 atom stereocenters. The number of rotatable bonds is 7.